The van der Waals surface area contributed by atoms with Crippen LogP contribution < -0.4 is 5.32 Å². The van der Waals surface area contributed by atoms with Crippen LogP contribution in [0.15, 0.2) is 16.6 Å². The van der Waals surface area contributed by atoms with E-state index in [0.29, 0.717) is 17.4 Å². The second kappa shape index (κ2) is 9.30. The number of halogens is 1. The van der Waals surface area contributed by atoms with Gasteiger partial charge in [0, 0.05) is 17.6 Å². The first-order valence-corrected chi connectivity index (χ1v) is 6.62. The van der Waals surface area contributed by atoms with Crippen molar-refractivity contribution in [3.63, 3.8) is 0 Å². The van der Waals surface area contributed by atoms with Crippen LogP contribution in [0.1, 0.15) is 25.8 Å². The molecule has 0 aliphatic heterocycles. The quantitative estimate of drug-likeness (QED) is 0.491. The summed E-state index contributed by atoms with van der Waals surface area (Å²) in [4.78, 5) is 10.3. The standard InChI is InChI=1S/C10H10BrN3O3.C2H6/c11-8-4-7(6-12)10(14(16)17)9(5-8)13-2-1-3-15;1-2/h4-5,13,15H,1-3H2;1-2H3. The van der Waals surface area contributed by atoms with E-state index in [1.165, 1.54) is 12.1 Å². The molecule has 1 rings (SSSR count). The molecule has 0 aliphatic rings. The molecule has 0 saturated heterocycles. The molecule has 0 saturated carbocycles. The first-order chi connectivity index (χ1) is 9.10. The van der Waals surface area contributed by atoms with E-state index in [-0.39, 0.29) is 23.5 Å². The first kappa shape index (κ1) is 17.4. The summed E-state index contributed by atoms with van der Waals surface area (Å²) in [5.41, 5.74) is 0.0267. The highest BCUT2D eigenvalue weighted by Gasteiger charge is 2.20. The lowest BCUT2D eigenvalue weighted by Crippen LogP contribution is -2.07. The Morgan fingerprint density at radius 2 is 2.16 bits per heavy atom. The zero-order valence-corrected chi connectivity index (χ0v) is 12.4. The van der Waals surface area contributed by atoms with Crippen LogP contribution in [0, 0.1) is 21.4 Å². The molecule has 0 unspecified atom stereocenters. The number of anilines is 1. The molecule has 0 bridgehead atoms. The second-order valence-electron chi connectivity index (χ2n) is 3.22. The van der Waals surface area contributed by atoms with Crippen molar-refractivity contribution in [3.8, 4) is 6.07 Å². The van der Waals surface area contributed by atoms with Crippen LogP contribution in [0.5, 0.6) is 0 Å². The largest absolute Gasteiger partial charge is 0.396 e. The molecule has 0 fully saturated rings. The molecular weight excluding hydrogens is 314 g/mol. The number of hydrogen-bond acceptors (Lipinski definition) is 5. The Labute approximate surface area is 120 Å². The predicted molar refractivity (Wildman–Crippen MR) is 77.1 cm³/mol. The van der Waals surface area contributed by atoms with E-state index in [0.717, 1.165) is 0 Å². The highest BCUT2D eigenvalue weighted by molar-refractivity contribution is 9.10. The fourth-order valence-electron chi connectivity index (χ4n) is 1.32. The molecule has 104 valence electrons. The fraction of sp³-hybridized carbons (Fsp3) is 0.417. The summed E-state index contributed by atoms with van der Waals surface area (Å²) in [7, 11) is 0. The predicted octanol–water partition coefficient (Wildman–Crippen LogP) is 3.05. The molecule has 7 heteroatoms. The molecule has 0 aromatic heterocycles. The van der Waals surface area contributed by atoms with Gasteiger partial charge in [-0.3, -0.25) is 10.1 Å². The summed E-state index contributed by atoms with van der Waals surface area (Å²) in [5.74, 6) is 0. The number of nitrogens with zero attached hydrogens (tertiary/aromatic N) is 2. The van der Waals surface area contributed by atoms with Gasteiger partial charge in [-0.05, 0) is 18.6 Å². The molecule has 1 aromatic rings. The smallest absolute Gasteiger partial charge is 0.310 e. The molecule has 0 atom stereocenters. The van der Waals surface area contributed by atoms with Gasteiger partial charge in [-0.1, -0.05) is 29.8 Å². The minimum absolute atomic E-state index is 0.0000913. The number of benzene rings is 1. The molecule has 0 aliphatic carbocycles. The molecule has 1 aromatic carbocycles. The van der Waals surface area contributed by atoms with Gasteiger partial charge in [0.25, 0.3) is 0 Å². The highest BCUT2D eigenvalue weighted by Crippen LogP contribution is 2.32. The molecule has 0 radical (unpaired) electrons. The summed E-state index contributed by atoms with van der Waals surface area (Å²) < 4.78 is 0.589. The minimum atomic E-state index is -0.591. The topological polar surface area (TPSA) is 99.2 Å². The number of aliphatic hydroxyl groups excluding tert-OH is 1. The van der Waals surface area contributed by atoms with Crippen molar-refractivity contribution in [3.05, 3.63) is 32.3 Å². The highest BCUT2D eigenvalue weighted by atomic mass is 79.9. The lowest BCUT2D eigenvalue weighted by Gasteiger charge is -2.07. The number of hydrogen-bond donors (Lipinski definition) is 2. The van der Waals surface area contributed by atoms with Crippen LogP contribution >= 0.6 is 15.9 Å². The van der Waals surface area contributed by atoms with Crippen molar-refractivity contribution < 1.29 is 10.0 Å². The third kappa shape index (κ3) is 5.24. The third-order valence-electron chi connectivity index (χ3n) is 2.03. The van der Waals surface area contributed by atoms with Crippen LogP contribution in [0.25, 0.3) is 0 Å². The van der Waals surface area contributed by atoms with E-state index < -0.39 is 4.92 Å². The number of rotatable bonds is 5. The van der Waals surface area contributed by atoms with Crippen LogP contribution in [0.4, 0.5) is 11.4 Å². The molecular formula is C12H16BrN3O3. The normalized spacial score (nSPS) is 9.00. The zero-order valence-electron chi connectivity index (χ0n) is 10.8. The average Bonchev–Trinajstić information content (AvgIpc) is 2.40. The molecule has 6 nitrogen and oxygen atoms in total. The van der Waals surface area contributed by atoms with Gasteiger partial charge in [0.05, 0.1) is 4.92 Å². The van der Waals surface area contributed by atoms with Crippen molar-refractivity contribution in [2.45, 2.75) is 20.3 Å². The summed E-state index contributed by atoms with van der Waals surface area (Å²) in [6, 6.07) is 4.72. The number of nitro benzene ring substituents is 1. The Morgan fingerprint density at radius 1 is 1.53 bits per heavy atom. The van der Waals surface area contributed by atoms with Gasteiger partial charge in [0.15, 0.2) is 0 Å². The number of nitro groups is 1. The van der Waals surface area contributed by atoms with Gasteiger partial charge in [-0.15, -0.1) is 0 Å². The van der Waals surface area contributed by atoms with Gasteiger partial charge in [0.1, 0.15) is 17.3 Å². The number of nitriles is 1. The van der Waals surface area contributed by atoms with Crippen molar-refractivity contribution in [2.75, 3.05) is 18.5 Å². The minimum Gasteiger partial charge on any atom is -0.396 e. The average molecular weight is 330 g/mol. The number of nitrogens with one attached hydrogen (secondary N) is 1. The van der Waals surface area contributed by atoms with E-state index in [1.54, 1.807) is 6.07 Å². The fourth-order valence-corrected chi connectivity index (χ4v) is 1.78. The van der Waals surface area contributed by atoms with Gasteiger partial charge in [-0.25, -0.2) is 0 Å². The van der Waals surface area contributed by atoms with E-state index in [4.69, 9.17) is 10.4 Å². The monoisotopic (exact) mass is 329 g/mol. The second-order valence-corrected chi connectivity index (χ2v) is 4.14. The summed E-state index contributed by atoms with van der Waals surface area (Å²) in [6.07, 6.45) is 0.478. The molecule has 0 amide bonds. The van der Waals surface area contributed by atoms with E-state index in [1.807, 2.05) is 13.8 Å². The summed E-state index contributed by atoms with van der Waals surface area (Å²) in [5, 5.41) is 31.2. The van der Waals surface area contributed by atoms with E-state index >= 15 is 0 Å². The van der Waals surface area contributed by atoms with E-state index in [9.17, 15) is 10.1 Å². The SMILES string of the molecule is CC.N#Cc1cc(Br)cc(NCCCO)c1[N+](=O)[O-]. The third-order valence-corrected chi connectivity index (χ3v) is 2.49. The van der Waals surface area contributed by atoms with Gasteiger partial charge >= 0.3 is 5.69 Å². The van der Waals surface area contributed by atoms with Crippen LogP contribution in [-0.4, -0.2) is 23.2 Å². The van der Waals surface area contributed by atoms with Gasteiger partial charge < -0.3 is 10.4 Å². The molecule has 0 heterocycles. The molecule has 0 spiro atoms. The van der Waals surface area contributed by atoms with Crippen LogP contribution in [-0.2, 0) is 0 Å². The first-order valence-electron chi connectivity index (χ1n) is 5.83. The lowest BCUT2D eigenvalue weighted by atomic mass is 10.1. The van der Waals surface area contributed by atoms with Crippen molar-refractivity contribution in [2.24, 2.45) is 0 Å². The Hall–Kier alpha value is -1.65. The number of aliphatic hydroxyl groups is 1. The molecule has 19 heavy (non-hydrogen) atoms. The maximum absolute atomic E-state index is 10.9. The van der Waals surface area contributed by atoms with E-state index in [2.05, 4.69) is 21.2 Å². The lowest BCUT2D eigenvalue weighted by molar-refractivity contribution is -0.384. The Bertz CT molecular complexity index is 472. The Kier molecular flexibility index (Phi) is 8.49. The van der Waals surface area contributed by atoms with Crippen molar-refractivity contribution >= 4 is 27.3 Å². The Balaban J connectivity index is 0.00000154. The maximum Gasteiger partial charge on any atom is 0.310 e. The van der Waals surface area contributed by atoms with Crippen molar-refractivity contribution in [1.29, 1.82) is 5.26 Å². The van der Waals surface area contributed by atoms with Gasteiger partial charge in [-0.2, -0.15) is 5.26 Å². The summed E-state index contributed by atoms with van der Waals surface area (Å²) in [6.45, 7) is 4.40. The Morgan fingerprint density at radius 3 is 2.63 bits per heavy atom. The van der Waals surface area contributed by atoms with Gasteiger partial charge in [0.2, 0.25) is 0 Å². The van der Waals surface area contributed by atoms with Crippen LogP contribution in [0.3, 0.4) is 0 Å². The van der Waals surface area contributed by atoms with Crippen molar-refractivity contribution in [1.82, 2.24) is 0 Å². The summed E-state index contributed by atoms with van der Waals surface area (Å²) >= 11 is 3.18. The molecule has 2 N–H and O–H groups in total. The zero-order chi connectivity index (χ0) is 14.8. The maximum atomic E-state index is 10.9. The van der Waals surface area contributed by atoms with Crippen LogP contribution in [0.2, 0.25) is 0 Å².